The molecule has 0 fully saturated rings. The smallest absolute Gasteiger partial charge is 0.148 e. The summed E-state index contributed by atoms with van der Waals surface area (Å²) in [5.74, 6) is 0.676. The molecule has 154 valence electrons. The lowest BCUT2D eigenvalue weighted by Crippen LogP contribution is -2.17. The topological polar surface area (TPSA) is 69.3 Å². The second kappa shape index (κ2) is 7.74. The zero-order valence-corrected chi connectivity index (χ0v) is 17.7. The van der Waals surface area contributed by atoms with Gasteiger partial charge in [-0.3, -0.25) is 9.67 Å². The average molecular weight is 423 g/mol. The second-order valence-corrected chi connectivity index (χ2v) is 7.98. The Labute approximate surface area is 179 Å². The summed E-state index contributed by atoms with van der Waals surface area (Å²) in [6.07, 6.45) is 7.96. The monoisotopic (exact) mass is 422 g/mol. The third kappa shape index (κ3) is 3.34. The molecule has 5 rings (SSSR count). The number of ether oxygens (including phenoxy) is 1. The molecule has 0 aliphatic carbocycles. The molecule has 0 unspecified atom stereocenters. The Bertz CT molecular complexity index is 1200. The molecule has 0 aromatic carbocycles. The minimum absolute atomic E-state index is 0.186. The lowest BCUT2D eigenvalue weighted by Gasteiger charge is -2.16. The van der Waals surface area contributed by atoms with Crippen molar-refractivity contribution in [2.24, 2.45) is 0 Å². The minimum atomic E-state index is -0.186. The molecule has 0 saturated carbocycles. The molecule has 0 saturated heterocycles. The number of nitrogens with zero attached hydrogens (tertiary/aromatic N) is 5. The van der Waals surface area contributed by atoms with Crippen molar-refractivity contribution in [3.63, 3.8) is 0 Å². The number of fused-ring (bicyclic) bond motifs is 2. The summed E-state index contributed by atoms with van der Waals surface area (Å²) in [5.41, 5.74) is 6.14. The highest BCUT2D eigenvalue weighted by molar-refractivity contribution is 6.34. The second-order valence-electron chi connectivity index (χ2n) is 7.57. The summed E-state index contributed by atoms with van der Waals surface area (Å²) in [6.45, 7) is 6.91. The van der Waals surface area contributed by atoms with E-state index >= 15 is 0 Å². The summed E-state index contributed by atoms with van der Waals surface area (Å²) < 4.78 is 10.2. The Kier molecular flexibility index (Phi) is 4.92. The van der Waals surface area contributed by atoms with Crippen LogP contribution in [-0.4, -0.2) is 37.5 Å². The number of aromatic nitrogens is 5. The molecule has 4 aromatic heterocycles. The first-order valence-corrected chi connectivity index (χ1v) is 10.5. The zero-order valence-electron chi connectivity index (χ0n) is 17.0. The van der Waals surface area contributed by atoms with E-state index in [0.717, 1.165) is 48.4 Å². The van der Waals surface area contributed by atoms with Gasteiger partial charge < -0.3 is 10.1 Å². The SMILES string of the molecule is Cc1c(-c2cc(O[C@H](C)c3cccnc3)c3c(Cl)cnn3c2)nn2c1CCNCC2. The highest BCUT2D eigenvalue weighted by Crippen LogP contribution is 2.35. The predicted molar refractivity (Wildman–Crippen MR) is 116 cm³/mol. The van der Waals surface area contributed by atoms with Gasteiger partial charge in [-0.15, -0.1) is 0 Å². The third-order valence-corrected chi connectivity index (χ3v) is 5.90. The molecular weight excluding hydrogens is 400 g/mol. The van der Waals surface area contributed by atoms with Crippen molar-refractivity contribution in [3.05, 3.63) is 64.8 Å². The van der Waals surface area contributed by atoms with Crippen molar-refractivity contribution in [3.8, 4) is 17.0 Å². The van der Waals surface area contributed by atoms with Gasteiger partial charge >= 0.3 is 0 Å². The van der Waals surface area contributed by atoms with Gasteiger partial charge in [0.05, 0.1) is 23.5 Å². The van der Waals surface area contributed by atoms with Gasteiger partial charge in [-0.1, -0.05) is 17.7 Å². The maximum absolute atomic E-state index is 6.44. The molecule has 0 radical (unpaired) electrons. The fourth-order valence-electron chi connectivity index (χ4n) is 4.02. The molecule has 0 amide bonds. The van der Waals surface area contributed by atoms with Crippen molar-refractivity contribution in [2.75, 3.05) is 13.1 Å². The van der Waals surface area contributed by atoms with Gasteiger partial charge in [-0.05, 0) is 31.5 Å². The van der Waals surface area contributed by atoms with Crippen LogP contribution in [0, 0.1) is 6.92 Å². The van der Waals surface area contributed by atoms with Crippen LogP contribution in [0.3, 0.4) is 0 Å². The molecule has 30 heavy (non-hydrogen) atoms. The normalized spacial score (nSPS) is 15.0. The lowest BCUT2D eigenvalue weighted by atomic mass is 10.1. The maximum Gasteiger partial charge on any atom is 0.148 e. The Hall–Kier alpha value is -2.90. The van der Waals surface area contributed by atoms with Crippen LogP contribution in [0.2, 0.25) is 5.02 Å². The predicted octanol–water partition coefficient (Wildman–Crippen LogP) is 3.84. The van der Waals surface area contributed by atoms with Crippen molar-refractivity contribution >= 4 is 17.1 Å². The number of nitrogens with one attached hydrogen (secondary N) is 1. The van der Waals surface area contributed by atoms with Crippen LogP contribution in [-0.2, 0) is 13.0 Å². The van der Waals surface area contributed by atoms with E-state index in [4.69, 9.17) is 21.4 Å². The molecule has 1 N–H and O–H groups in total. The standard InChI is InChI=1S/C22H23ClN6O/c1-14-19-5-7-24-8-9-28(19)27-21(14)17-10-20(22-18(23)12-26-29(22)13-17)30-15(2)16-4-3-6-25-11-16/h3-4,6,10-13,15,24H,5,7-9H2,1-2H3/t15-/m1/s1. The van der Waals surface area contributed by atoms with Gasteiger partial charge in [0.2, 0.25) is 0 Å². The lowest BCUT2D eigenvalue weighted by molar-refractivity contribution is 0.228. The number of halogens is 1. The first kappa shape index (κ1) is 19.1. The quantitative estimate of drug-likeness (QED) is 0.541. The van der Waals surface area contributed by atoms with Crippen LogP contribution in [0.25, 0.3) is 16.8 Å². The molecule has 1 aliphatic heterocycles. The van der Waals surface area contributed by atoms with E-state index in [0.29, 0.717) is 10.8 Å². The Morgan fingerprint density at radius 3 is 3.00 bits per heavy atom. The van der Waals surface area contributed by atoms with Gasteiger partial charge in [0, 0.05) is 54.9 Å². The summed E-state index contributed by atoms with van der Waals surface area (Å²) in [6, 6.07) is 5.92. The van der Waals surface area contributed by atoms with Gasteiger partial charge in [0.1, 0.15) is 17.4 Å². The van der Waals surface area contributed by atoms with E-state index in [1.54, 1.807) is 16.9 Å². The molecule has 1 atom stereocenters. The molecule has 8 heteroatoms. The molecule has 0 bridgehead atoms. The Morgan fingerprint density at radius 1 is 1.27 bits per heavy atom. The minimum Gasteiger partial charge on any atom is -0.484 e. The summed E-state index contributed by atoms with van der Waals surface area (Å²) in [7, 11) is 0. The van der Waals surface area contributed by atoms with E-state index in [2.05, 4.69) is 27.0 Å². The van der Waals surface area contributed by atoms with E-state index < -0.39 is 0 Å². The Morgan fingerprint density at radius 2 is 2.17 bits per heavy atom. The highest BCUT2D eigenvalue weighted by Gasteiger charge is 2.21. The van der Waals surface area contributed by atoms with E-state index in [9.17, 15) is 0 Å². The molecule has 1 aliphatic rings. The molecule has 7 nitrogen and oxygen atoms in total. The van der Waals surface area contributed by atoms with Gasteiger partial charge in [-0.2, -0.15) is 10.2 Å². The van der Waals surface area contributed by atoms with Crippen molar-refractivity contribution in [1.29, 1.82) is 0 Å². The first-order chi connectivity index (χ1) is 14.6. The van der Waals surface area contributed by atoms with Gasteiger partial charge in [0.25, 0.3) is 0 Å². The van der Waals surface area contributed by atoms with Crippen molar-refractivity contribution in [2.45, 2.75) is 32.9 Å². The number of hydrogen-bond acceptors (Lipinski definition) is 5. The van der Waals surface area contributed by atoms with E-state index in [-0.39, 0.29) is 6.10 Å². The first-order valence-electron chi connectivity index (χ1n) is 10.1. The zero-order chi connectivity index (χ0) is 20.7. The average Bonchev–Trinajstić information content (AvgIpc) is 3.18. The largest absolute Gasteiger partial charge is 0.484 e. The van der Waals surface area contributed by atoms with Crippen LogP contribution in [0.5, 0.6) is 5.75 Å². The number of rotatable bonds is 4. The third-order valence-electron chi connectivity index (χ3n) is 5.62. The molecule has 5 heterocycles. The van der Waals surface area contributed by atoms with Crippen LogP contribution in [0.4, 0.5) is 0 Å². The van der Waals surface area contributed by atoms with Crippen LogP contribution in [0.15, 0.2) is 43.0 Å². The summed E-state index contributed by atoms with van der Waals surface area (Å²) in [4.78, 5) is 4.20. The fraction of sp³-hybridized carbons (Fsp3) is 0.318. The van der Waals surface area contributed by atoms with Crippen molar-refractivity contribution in [1.82, 2.24) is 29.7 Å². The number of hydrogen-bond donors (Lipinski definition) is 1. The number of pyridine rings is 2. The summed E-state index contributed by atoms with van der Waals surface area (Å²) in [5, 5.41) is 13.3. The van der Waals surface area contributed by atoms with E-state index in [1.807, 2.05) is 37.5 Å². The van der Waals surface area contributed by atoms with Crippen LogP contribution >= 0.6 is 11.6 Å². The van der Waals surface area contributed by atoms with E-state index in [1.165, 1.54) is 11.3 Å². The summed E-state index contributed by atoms with van der Waals surface area (Å²) >= 11 is 6.44. The van der Waals surface area contributed by atoms with Gasteiger partial charge in [-0.25, -0.2) is 4.52 Å². The fourth-order valence-corrected chi connectivity index (χ4v) is 4.24. The highest BCUT2D eigenvalue weighted by atomic mass is 35.5. The van der Waals surface area contributed by atoms with Crippen LogP contribution in [0.1, 0.15) is 29.8 Å². The molecule has 0 spiro atoms. The maximum atomic E-state index is 6.44. The van der Waals surface area contributed by atoms with Gasteiger partial charge in [0.15, 0.2) is 0 Å². The molecule has 4 aromatic rings. The van der Waals surface area contributed by atoms with Crippen LogP contribution < -0.4 is 10.1 Å². The molecular formula is C22H23ClN6O. The van der Waals surface area contributed by atoms with Crippen molar-refractivity contribution < 1.29 is 4.74 Å². The Balaban J connectivity index is 1.60.